The van der Waals surface area contributed by atoms with Crippen molar-refractivity contribution in [3.63, 3.8) is 0 Å². The third-order valence-corrected chi connectivity index (χ3v) is 3.43. The number of benzene rings is 1. The number of piperidine rings is 1. The van der Waals surface area contributed by atoms with Crippen LogP contribution in [-0.2, 0) is 4.79 Å². The molecular formula is C13H16FNO2. The van der Waals surface area contributed by atoms with Crippen molar-refractivity contribution in [2.75, 3.05) is 13.1 Å². The molecule has 2 atom stereocenters. The van der Waals surface area contributed by atoms with Crippen LogP contribution in [0.25, 0.3) is 0 Å². The normalized spacial score (nSPS) is 24.6. The first-order valence-electron chi connectivity index (χ1n) is 5.79. The molecule has 1 aromatic rings. The summed E-state index contributed by atoms with van der Waals surface area (Å²) in [5.74, 6) is -1.48. The highest BCUT2D eigenvalue weighted by atomic mass is 19.1. The molecule has 1 aliphatic rings. The molecule has 92 valence electrons. The molecule has 2 N–H and O–H groups in total. The lowest BCUT2D eigenvalue weighted by Gasteiger charge is -2.30. The second-order valence-corrected chi connectivity index (χ2v) is 4.54. The summed E-state index contributed by atoms with van der Waals surface area (Å²) in [4.78, 5) is 11.2. The Morgan fingerprint density at radius 2 is 2.29 bits per heavy atom. The Kier molecular flexibility index (Phi) is 3.43. The van der Waals surface area contributed by atoms with Gasteiger partial charge in [0.15, 0.2) is 0 Å². The molecule has 0 amide bonds. The predicted molar refractivity (Wildman–Crippen MR) is 62.5 cm³/mol. The molecule has 1 saturated heterocycles. The zero-order valence-corrected chi connectivity index (χ0v) is 9.74. The van der Waals surface area contributed by atoms with Crippen LogP contribution < -0.4 is 5.32 Å². The Morgan fingerprint density at radius 3 is 2.94 bits per heavy atom. The molecule has 3 nitrogen and oxygen atoms in total. The monoisotopic (exact) mass is 237 g/mol. The lowest BCUT2D eigenvalue weighted by atomic mass is 9.80. The van der Waals surface area contributed by atoms with Gasteiger partial charge < -0.3 is 10.4 Å². The minimum absolute atomic E-state index is 0.0677. The van der Waals surface area contributed by atoms with Gasteiger partial charge in [-0.05, 0) is 43.1 Å². The van der Waals surface area contributed by atoms with E-state index in [1.807, 2.05) is 6.92 Å². The number of halogens is 1. The zero-order valence-electron chi connectivity index (χ0n) is 9.74. The lowest BCUT2D eigenvalue weighted by molar-refractivity contribution is -0.143. The van der Waals surface area contributed by atoms with E-state index >= 15 is 0 Å². The molecule has 4 heteroatoms. The fraction of sp³-hybridized carbons (Fsp3) is 0.462. The second kappa shape index (κ2) is 4.84. The van der Waals surface area contributed by atoms with Gasteiger partial charge in [-0.2, -0.15) is 0 Å². The van der Waals surface area contributed by atoms with Gasteiger partial charge in [-0.15, -0.1) is 0 Å². The minimum Gasteiger partial charge on any atom is -0.481 e. The highest BCUT2D eigenvalue weighted by Gasteiger charge is 2.32. The Balaban J connectivity index is 2.32. The summed E-state index contributed by atoms with van der Waals surface area (Å²) in [6, 6.07) is 4.57. The van der Waals surface area contributed by atoms with E-state index in [2.05, 4.69) is 5.32 Å². The van der Waals surface area contributed by atoms with E-state index in [9.17, 15) is 14.3 Å². The third-order valence-electron chi connectivity index (χ3n) is 3.43. The number of carboxylic acids is 1. The first kappa shape index (κ1) is 12.0. The quantitative estimate of drug-likeness (QED) is 0.826. The van der Waals surface area contributed by atoms with E-state index in [4.69, 9.17) is 0 Å². The molecule has 0 unspecified atom stereocenters. The third kappa shape index (κ3) is 2.47. The van der Waals surface area contributed by atoms with E-state index in [0.717, 1.165) is 17.7 Å². The SMILES string of the molecule is Cc1cc(F)ccc1[C@H]1CNCC[C@@H]1C(=O)O. The number of hydrogen-bond acceptors (Lipinski definition) is 2. The number of aryl methyl sites for hydroxylation is 1. The number of carboxylic acid groups (broad SMARTS) is 1. The predicted octanol–water partition coefficient (Wildman–Crippen LogP) is 1.91. The molecular weight excluding hydrogens is 221 g/mol. The van der Waals surface area contributed by atoms with Crippen LogP contribution in [0.4, 0.5) is 4.39 Å². The van der Waals surface area contributed by atoms with Gasteiger partial charge in [0.05, 0.1) is 5.92 Å². The van der Waals surface area contributed by atoms with Gasteiger partial charge in [-0.3, -0.25) is 4.79 Å². The van der Waals surface area contributed by atoms with Gasteiger partial charge in [0, 0.05) is 12.5 Å². The van der Waals surface area contributed by atoms with Crippen LogP contribution in [0.15, 0.2) is 18.2 Å². The van der Waals surface area contributed by atoms with Crippen LogP contribution in [0.3, 0.4) is 0 Å². The molecule has 0 spiro atoms. The van der Waals surface area contributed by atoms with Crippen LogP contribution in [0, 0.1) is 18.7 Å². The van der Waals surface area contributed by atoms with E-state index < -0.39 is 5.97 Å². The average Bonchev–Trinajstić information content (AvgIpc) is 2.29. The topological polar surface area (TPSA) is 49.3 Å². The van der Waals surface area contributed by atoms with E-state index in [1.54, 1.807) is 6.07 Å². The Hall–Kier alpha value is -1.42. The Bertz CT molecular complexity index is 433. The van der Waals surface area contributed by atoms with Crippen LogP contribution in [0.5, 0.6) is 0 Å². The molecule has 0 saturated carbocycles. The molecule has 1 aliphatic heterocycles. The number of hydrogen-bond donors (Lipinski definition) is 2. The minimum atomic E-state index is -0.764. The van der Waals surface area contributed by atoms with Crippen molar-refractivity contribution in [3.8, 4) is 0 Å². The van der Waals surface area contributed by atoms with Gasteiger partial charge in [0.1, 0.15) is 5.82 Å². The first-order valence-corrected chi connectivity index (χ1v) is 5.79. The van der Waals surface area contributed by atoms with E-state index in [1.165, 1.54) is 12.1 Å². The molecule has 1 heterocycles. The summed E-state index contributed by atoms with van der Waals surface area (Å²) in [6.07, 6.45) is 0.622. The van der Waals surface area contributed by atoms with Crippen molar-refractivity contribution >= 4 is 5.97 Å². The lowest BCUT2D eigenvalue weighted by Crippen LogP contribution is -2.39. The van der Waals surface area contributed by atoms with E-state index in [-0.39, 0.29) is 17.7 Å². The van der Waals surface area contributed by atoms with Gasteiger partial charge >= 0.3 is 5.97 Å². The fourth-order valence-corrected chi connectivity index (χ4v) is 2.54. The zero-order chi connectivity index (χ0) is 12.4. The van der Waals surface area contributed by atoms with Gasteiger partial charge in [0.2, 0.25) is 0 Å². The van der Waals surface area contributed by atoms with Crippen molar-refractivity contribution in [1.82, 2.24) is 5.32 Å². The van der Waals surface area contributed by atoms with Gasteiger partial charge in [-0.25, -0.2) is 4.39 Å². The van der Waals surface area contributed by atoms with E-state index in [0.29, 0.717) is 13.0 Å². The molecule has 2 rings (SSSR count). The Labute approximate surface area is 99.7 Å². The standard InChI is InChI=1S/C13H16FNO2/c1-8-6-9(14)2-3-10(8)12-7-15-5-4-11(12)13(16)17/h2-3,6,11-12,15H,4-5,7H2,1H3,(H,16,17)/t11-,12+/m0/s1. The summed E-state index contributed by atoms with van der Waals surface area (Å²) in [7, 11) is 0. The smallest absolute Gasteiger partial charge is 0.307 e. The van der Waals surface area contributed by atoms with Crippen molar-refractivity contribution in [2.24, 2.45) is 5.92 Å². The number of rotatable bonds is 2. The molecule has 1 fully saturated rings. The van der Waals surface area contributed by atoms with Crippen molar-refractivity contribution in [3.05, 3.63) is 35.1 Å². The van der Waals surface area contributed by atoms with Gasteiger partial charge in [-0.1, -0.05) is 6.07 Å². The van der Waals surface area contributed by atoms with Crippen molar-refractivity contribution in [2.45, 2.75) is 19.3 Å². The molecule has 1 aromatic carbocycles. The summed E-state index contributed by atoms with van der Waals surface area (Å²) in [5, 5.41) is 12.4. The largest absolute Gasteiger partial charge is 0.481 e. The number of carbonyl (C=O) groups is 1. The summed E-state index contributed by atoms with van der Waals surface area (Å²) in [6.45, 7) is 3.20. The Morgan fingerprint density at radius 1 is 1.53 bits per heavy atom. The van der Waals surface area contributed by atoms with Crippen molar-refractivity contribution in [1.29, 1.82) is 0 Å². The molecule has 0 bridgehead atoms. The van der Waals surface area contributed by atoms with Gasteiger partial charge in [0.25, 0.3) is 0 Å². The molecule has 0 aliphatic carbocycles. The maximum absolute atomic E-state index is 13.0. The number of aliphatic carboxylic acids is 1. The maximum Gasteiger partial charge on any atom is 0.307 e. The summed E-state index contributed by atoms with van der Waals surface area (Å²) >= 11 is 0. The fourth-order valence-electron chi connectivity index (χ4n) is 2.54. The maximum atomic E-state index is 13.0. The van der Waals surface area contributed by atoms with Crippen LogP contribution in [-0.4, -0.2) is 24.2 Å². The highest BCUT2D eigenvalue weighted by Crippen LogP contribution is 2.31. The average molecular weight is 237 g/mol. The van der Waals surface area contributed by atoms with Crippen LogP contribution >= 0.6 is 0 Å². The summed E-state index contributed by atoms with van der Waals surface area (Å²) in [5.41, 5.74) is 1.76. The molecule has 0 aromatic heterocycles. The highest BCUT2D eigenvalue weighted by molar-refractivity contribution is 5.71. The molecule has 17 heavy (non-hydrogen) atoms. The van der Waals surface area contributed by atoms with Crippen molar-refractivity contribution < 1.29 is 14.3 Å². The first-order chi connectivity index (χ1) is 8.09. The van der Waals surface area contributed by atoms with Crippen LogP contribution in [0.1, 0.15) is 23.5 Å². The summed E-state index contributed by atoms with van der Waals surface area (Å²) < 4.78 is 13.0. The van der Waals surface area contributed by atoms with Crippen LogP contribution in [0.2, 0.25) is 0 Å². The second-order valence-electron chi connectivity index (χ2n) is 4.54. The number of nitrogens with one attached hydrogen (secondary N) is 1. The molecule has 0 radical (unpaired) electrons.